The molecule has 2 aliphatic carbocycles. The first-order valence-corrected chi connectivity index (χ1v) is 6.70. The highest BCUT2D eigenvalue weighted by Crippen LogP contribution is 2.37. The maximum absolute atomic E-state index is 5.70. The Labute approximate surface area is 94.0 Å². The second-order valence-electron chi connectivity index (χ2n) is 5.75. The van der Waals surface area contributed by atoms with Gasteiger partial charge in [-0.25, -0.2) is 0 Å². The first-order valence-electron chi connectivity index (χ1n) is 6.70. The molecule has 0 bridgehead atoms. The smallest absolute Gasteiger partial charge is 0.00177 e. The number of hydrogen-bond acceptors (Lipinski definition) is 2. The summed E-state index contributed by atoms with van der Waals surface area (Å²) in [6.07, 6.45) is 6.97. The van der Waals surface area contributed by atoms with Crippen LogP contribution in [-0.4, -0.2) is 19.6 Å². The van der Waals surface area contributed by atoms with Gasteiger partial charge in [0.2, 0.25) is 0 Å². The standard InChI is InChI=1S/C13H26N2/c1-10-6-13(10)9-15-8-12-4-2-11(7-14)3-5-12/h10-13,15H,2-9,14H2,1H3. The largest absolute Gasteiger partial charge is 0.330 e. The normalized spacial score (nSPS) is 40.4. The van der Waals surface area contributed by atoms with Gasteiger partial charge in [0, 0.05) is 0 Å². The molecule has 0 aromatic rings. The summed E-state index contributed by atoms with van der Waals surface area (Å²) in [5, 5.41) is 3.65. The van der Waals surface area contributed by atoms with Gasteiger partial charge in [-0.05, 0) is 75.4 Å². The van der Waals surface area contributed by atoms with E-state index in [0.717, 1.165) is 30.2 Å². The number of nitrogens with one attached hydrogen (secondary N) is 1. The lowest BCUT2D eigenvalue weighted by molar-refractivity contribution is 0.271. The fraction of sp³-hybridized carbons (Fsp3) is 1.00. The van der Waals surface area contributed by atoms with E-state index in [0.29, 0.717) is 0 Å². The van der Waals surface area contributed by atoms with Crippen LogP contribution in [0.3, 0.4) is 0 Å². The van der Waals surface area contributed by atoms with Crippen LogP contribution in [0.15, 0.2) is 0 Å². The molecule has 2 unspecified atom stereocenters. The van der Waals surface area contributed by atoms with Crippen molar-refractivity contribution in [3.05, 3.63) is 0 Å². The van der Waals surface area contributed by atoms with Crippen molar-refractivity contribution in [2.45, 2.75) is 39.0 Å². The Kier molecular flexibility index (Phi) is 4.04. The SMILES string of the molecule is CC1CC1CNCC1CCC(CN)CC1. The second kappa shape index (κ2) is 5.31. The summed E-state index contributed by atoms with van der Waals surface area (Å²) >= 11 is 0. The Hall–Kier alpha value is -0.0800. The zero-order valence-corrected chi connectivity index (χ0v) is 10.0. The molecule has 0 aromatic carbocycles. The zero-order valence-electron chi connectivity index (χ0n) is 10.0. The lowest BCUT2D eigenvalue weighted by atomic mass is 9.82. The molecule has 0 radical (unpaired) electrons. The van der Waals surface area contributed by atoms with E-state index in [1.54, 1.807) is 0 Å². The Morgan fingerprint density at radius 3 is 2.20 bits per heavy atom. The molecule has 0 heterocycles. The van der Waals surface area contributed by atoms with E-state index in [4.69, 9.17) is 5.73 Å². The van der Waals surface area contributed by atoms with Crippen molar-refractivity contribution in [2.75, 3.05) is 19.6 Å². The van der Waals surface area contributed by atoms with Crippen LogP contribution in [0, 0.1) is 23.7 Å². The van der Waals surface area contributed by atoms with Crippen LogP contribution in [0.1, 0.15) is 39.0 Å². The van der Waals surface area contributed by atoms with Gasteiger partial charge in [-0.3, -0.25) is 0 Å². The van der Waals surface area contributed by atoms with Gasteiger partial charge in [-0.15, -0.1) is 0 Å². The van der Waals surface area contributed by atoms with E-state index in [2.05, 4.69) is 12.2 Å². The highest BCUT2D eigenvalue weighted by molar-refractivity contribution is 4.84. The highest BCUT2D eigenvalue weighted by atomic mass is 14.9. The van der Waals surface area contributed by atoms with E-state index < -0.39 is 0 Å². The van der Waals surface area contributed by atoms with Crippen LogP contribution < -0.4 is 11.1 Å². The van der Waals surface area contributed by atoms with Gasteiger partial charge in [-0.2, -0.15) is 0 Å². The molecular weight excluding hydrogens is 184 g/mol. The van der Waals surface area contributed by atoms with E-state index in [9.17, 15) is 0 Å². The van der Waals surface area contributed by atoms with Crippen molar-refractivity contribution in [2.24, 2.45) is 29.4 Å². The molecule has 0 saturated heterocycles. The number of nitrogens with two attached hydrogens (primary N) is 1. The van der Waals surface area contributed by atoms with E-state index in [-0.39, 0.29) is 0 Å². The van der Waals surface area contributed by atoms with Crippen LogP contribution in [0.25, 0.3) is 0 Å². The third-order valence-electron chi connectivity index (χ3n) is 4.42. The first kappa shape index (κ1) is 11.4. The molecule has 2 heteroatoms. The highest BCUT2D eigenvalue weighted by Gasteiger charge is 2.31. The molecule has 2 aliphatic rings. The second-order valence-corrected chi connectivity index (χ2v) is 5.75. The summed E-state index contributed by atoms with van der Waals surface area (Å²) in [7, 11) is 0. The molecule has 0 aliphatic heterocycles. The minimum atomic E-state index is 0.824. The average Bonchev–Trinajstić information content (AvgIpc) is 2.96. The molecule has 0 amide bonds. The van der Waals surface area contributed by atoms with Gasteiger partial charge in [0.25, 0.3) is 0 Å². The molecule has 2 atom stereocenters. The Bertz CT molecular complexity index is 185. The van der Waals surface area contributed by atoms with Crippen molar-refractivity contribution < 1.29 is 0 Å². The van der Waals surface area contributed by atoms with Crippen LogP contribution in [0.5, 0.6) is 0 Å². The summed E-state index contributed by atoms with van der Waals surface area (Å²) in [6, 6.07) is 0. The third-order valence-corrected chi connectivity index (χ3v) is 4.42. The molecule has 3 N–H and O–H groups in total. The predicted octanol–water partition coefficient (Wildman–Crippen LogP) is 2.00. The minimum absolute atomic E-state index is 0.824. The van der Waals surface area contributed by atoms with Crippen LogP contribution in [0.2, 0.25) is 0 Å². The van der Waals surface area contributed by atoms with Crippen LogP contribution in [-0.2, 0) is 0 Å². The average molecular weight is 210 g/mol. The van der Waals surface area contributed by atoms with Crippen molar-refractivity contribution >= 4 is 0 Å². The number of rotatable bonds is 5. The van der Waals surface area contributed by atoms with Gasteiger partial charge in [0.1, 0.15) is 0 Å². The monoisotopic (exact) mass is 210 g/mol. The zero-order chi connectivity index (χ0) is 10.7. The summed E-state index contributed by atoms with van der Waals surface area (Å²) < 4.78 is 0. The van der Waals surface area contributed by atoms with Gasteiger partial charge in [-0.1, -0.05) is 6.92 Å². The minimum Gasteiger partial charge on any atom is -0.330 e. The summed E-state index contributed by atoms with van der Waals surface area (Å²) in [5.41, 5.74) is 5.70. The summed E-state index contributed by atoms with van der Waals surface area (Å²) in [5.74, 6) is 3.74. The maximum atomic E-state index is 5.70. The molecular formula is C13H26N2. The quantitative estimate of drug-likeness (QED) is 0.728. The number of hydrogen-bond donors (Lipinski definition) is 2. The van der Waals surface area contributed by atoms with Gasteiger partial charge < -0.3 is 11.1 Å². The van der Waals surface area contributed by atoms with Crippen molar-refractivity contribution in [3.8, 4) is 0 Å². The third kappa shape index (κ3) is 3.46. The van der Waals surface area contributed by atoms with Gasteiger partial charge in [0.05, 0.1) is 0 Å². The Morgan fingerprint density at radius 2 is 1.67 bits per heavy atom. The topological polar surface area (TPSA) is 38.0 Å². The summed E-state index contributed by atoms with van der Waals surface area (Å²) in [4.78, 5) is 0. The Morgan fingerprint density at radius 1 is 1.07 bits per heavy atom. The molecule has 2 nitrogen and oxygen atoms in total. The predicted molar refractivity (Wildman–Crippen MR) is 64.6 cm³/mol. The molecule has 2 fully saturated rings. The van der Waals surface area contributed by atoms with Crippen molar-refractivity contribution in [3.63, 3.8) is 0 Å². The van der Waals surface area contributed by atoms with Crippen LogP contribution in [0.4, 0.5) is 0 Å². The molecule has 15 heavy (non-hydrogen) atoms. The van der Waals surface area contributed by atoms with Gasteiger partial charge >= 0.3 is 0 Å². The summed E-state index contributed by atoms with van der Waals surface area (Å²) in [6.45, 7) is 5.77. The Balaban J connectivity index is 1.52. The van der Waals surface area contributed by atoms with E-state index in [1.807, 2.05) is 0 Å². The lowest BCUT2D eigenvalue weighted by Crippen LogP contribution is -2.29. The molecule has 0 spiro atoms. The maximum Gasteiger partial charge on any atom is -0.00177 e. The van der Waals surface area contributed by atoms with E-state index >= 15 is 0 Å². The van der Waals surface area contributed by atoms with Crippen LogP contribution >= 0.6 is 0 Å². The fourth-order valence-electron chi connectivity index (χ4n) is 2.83. The van der Waals surface area contributed by atoms with E-state index in [1.165, 1.54) is 45.2 Å². The molecule has 88 valence electrons. The molecule has 0 aromatic heterocycles. The van der Waals surface area contributed by atoms with Gasteiger partial charge in [0.15, 0.2) is 0 Å². The molecule has 2 rings (SSSR count). The first-order chi connectivity index (χ1) is 7.29. The lowest BCUT2D eigenvalue weighted by Gasteiger charge is -2.27. The molecule has 2 saturated carbocycles. The fourth-order valence-corrected chi connectivity index (χ4v) is 2.83. The van der Waals surface area contributed by atoms with Crippen molar-refractivity contribution in [1.82, 2.24) is 5.32 Å². The van der Waals surface area contributed by atoms with Crippen molar-refractivity contribution in [1.29, 1.82) is 0 Å².